The highest BCUT2D eigenvalue weighted by Gasteiger charge is 2.41. The third-order valence-electron chi connectivity index (χ3n) is 6.48. The number of rotatable bonds is 4. The summed E-state index contributed by atoms with van der Waals surface area (Å²) in [5.41, 5.74) is 3.74. The Morgan fingerprint density at radius 2 is 2.07 bits per heavy atom. The van der Waals surface area contributed by atoms with E-state index in [0.717, 1.165) is 25.3 Å². The maximum atomic E-state index is 12.4. The summed E-state index contributed by atoms with van der Waals surface area (Å²) in [5.74, 6) is 1.16. The number of carbonyl (C=O) groups is 1. The van der Waals surface area contributed by atoms with Crippen LogP contribution in [-0.2, 0) is 16.0 Å². The molecule has 0 bridgehead atoms. The fraction of sp³-hybridized carbons (Fsp3) is 0.625. The average Bonchev–Trinajstić information content (AvgIpc) is 3.03. The smallest absolute Gasteiger partial charge is 0.306 e. The lowest BCUT2D eigenvalue weighted by molar-refractivity contribution is -0.155. The first-order valence-electron chi connectivity index (χ1n) is 10.9. The quantitative estimate of drug-likeness (QED) is 0.736. The fourth-order valence-electron chi connectivity index (χ4n) is 5.29. The van der Waals surface area contributed by atoms with Gasteiger partial charge in [0, 0.05) is 36.1 Å². The van der Waals surface area contributed by atoms with Gasteiger partial charge < -0.3 is 9.72 Å². The molecule has 0 amide bonds. The molecule has 0 radical (unpaired) electrons. The van der Waals surface area contributed by atoms with Crippen LogP contribution in [0, 0.1) is 11.8 Å². The summed E-state index contributed by atoms with van der Waals surface area (Å²) in [6.07, 6.45) is 4.95. The van der Waals surface area contributed by atoms with Crippen LogP contribution < -0.4 is 0 Å². The Kier molecular flexibility index (Phi) is 5.26. The number of ether oxygens (including phenoxy) is 1. The zero-order valence-corrected chi connectivity index (χ0v) is 17.8. The van der Waals surface area contributed by atoms with E-state index in [-0.39, 0.29) is 5.97 Å². The van der Waals surface area contributed by atoms with Crippen LogP contribution in [0.5, 0.6) is 0 Å². The van der Waals surface area contributed by atoms with Gasteiger partial charge in [0.2, 0.25) is 0 Å². The second kappa shape index (κ2) is 7.55. The van der Waals surface area contributed by atoms with Crippen LogP contribution >= 0.6 is 0 Å². The van der Waals surface area contributed by atoms with E-state index in [0.29, 0.717) is 18.4 Å². The van der Waals surface area contributed by atoms with Gasteiger partial charge in [-0.2, -0.15) is 0 Å². The SMILES string of the molecule is CC[C@@H]1C[C@@H](CCC(=O)OC(C)(C)C)[C@H]2c3[nH]c4ccccc4c3CCN2C1. The zero-order chi connectivity index (χ0) is 19.9. The van der Waals surface area contributed by atoms with Gasteiger partial charge in [-0.15, -0.1) is 0 Å². The number of benzene rings is 1. The predicted octanol–water partition coefficient (Wildman–Crippen LogP) is 5.24. The Bertz CT molecular complexity index is 848. The topological polar surface area (TPSA) is 45.3 Å². The van der Waals surface area contributed by atoms with Gasteiger partial charge in [0.15, 0.2) is 0 Å². The van der Waals surface area contributed by atoms with Crippen molar-refractivity contribution in [3.63, 3.8) is 0 Å². The molecular weight excluding hydrogens is 348 g/mol. The number of carbonyl (C=O) groups excluding carboxylic acids is 1. The van der Waals surface area contributed by atoms with Gasteiger partial charge in [0.05, 0.1) is 6.04 Å². The van der Waals surface area contributed by atoms with Crippen molar-refractivity contribution in [2.75, 3.05) is 13.1 Å². The monoisotopic (exact) mass is 382 g/mol. The van der Waals surface area contributed by atoms with Crippen molar-refractivity contribution in [3.8, 4) is 0 Å². The minimum atomic E-state index is -0.406. The second-order valence-electron chi connectivity index (χ2n) is 9.65. The Labute approximate surface area is 168 Å². The van der Waals surface area contributed by atoms with E-state index in [1.54, 1.807) is 0 Å². The summed E-state index contributed by atoms with van der Waals surface area (Å²) in [5, 5.41) is 1.38. The lowest BCUT2D eigenvalue weighted by Crippen LogP contribution is -2.46. The van der Waals surface area contributed by atoms with E-state index in [1.165, 1.54) is 41.5 Å². The third kappa shape index (κ3) is 3.84. The molecule has 0 unspecified atom stereocenters. The minimum absolute atomic E-state index is 0.0645. The van der Waals surface area contributed by atoms with Crippen molar-refractivity contribution in [3.05, 3.63) is 35.5 Å². The van der Waals surface area contributed by atoms with Crippen molar-refractivity contribution in [2.45, 2.75) is 71.4 Å². The third-order valence-corrected chi connectivity index (χ3v) is 6.48. The van der Waals surface area contributed by atoms with Crippen molar-refractivity contribution < 1.29 is 9.53 Å². The Morgan fingerprint density at radius 3 is 2.82 bits per heavy atom. The van der Waals surface area contributed by atoms with Crippen LogP contribution in [0.4, 0.5) is 0 Å². The standard InChI is InChI=1S/C24H34N2O2/c1-5-16-14-17(10-11-21(27)28-24(2,3)4)23-22-19(12-13-26(23)15-16)18-8-6-7-9-20(18)25-22/h6-9,16-17,23,25H,5,10-15H2,1-4H3/t16-,17-,23+/m1/s1. The molecular formula is C24H34N2O2. The number of aromatic nitrogens is 1. The van der Waals surface area contributed by atoms with Gasteiger partial charge in [-0.05, 0) is 63.5 Å². The summed E-state index contributed by atoms with van der Waals surface area (Å²) < 4.78 is 5.58. The van der Waals surface area contributed by atoms with Gasteiger partial charge >= 0.3 is 5.97 Å². The molecule has 2 aliphatic heterocycles. The Balaban J connectivity index is 1.59. The van der Waals surface area contributed by atoms with Crippen molar-refractivity contribution in [2.24, 2.45) is 11.8 Å². The van der Waals surface area contributed by atoms with E-state index < -0.39 is 5.60 Å². The number of H-pyrrole nitrogens is 1. The molecule has 1 fully saturated rings. The fourth-order valence-corrected chi connectivity index (χ4v) is 5.29. The number of para-hydroxylation sites is 1. The molecule has 1 aromatic heterocycles. The van der Waals surface area contributed by atoms with E-state index >= 15 is 0 Å². The highest BCUT2D eigenvalue weighted by atomic mass is 16.6. The van der Waals surface area contributed by atoms with Gasteiger partial charge in [-0.3, -0.25) is 9.69 Å². The van der Waals surface area contributed by atoms with Crippen LogP contribution in [0.3, 0.4) is 0 Å². The molecule has 1 saturated heterocycles. The summed E-state index contributed by atoms with van der Waals surface area (Å²) in [6.45, 7) is 10.4. The predicted molar refractivity (Wildman–Crippen MR) is 113 cm³/mol. The second-order valence-corrected chi connectivity index (χ2v) is 9.65. The minimum Gasteiger partial charge on any atom is -0.460 e. The van der Waals surface area contributed by atoms with Gasteiger partial charge in [-0.1, -0.05) is 31.5 Å². The number of esters is 1. The highest BCUT2D eigenvalue weighted by molar-refractivity contribution is 5.85. The van der Waals surface area contributed by atoms with E-state index in [2.05, 4.69) is 41.1 Å². The molecule has 2 aromatic rings. The van der Waals surface area contributed by atoms with Crippen LogP contribution in [0.2, 0.25) is 0 Å². The molecule has 4 heteroatoms. The van der Waals surface area contributed by atoms with Gasteiger partial charge in [-0.25, -0.2) is 0 Å². The molecule has 3 heterocycles. The summed E-state index contributed by atoms with van der Waals surface area (Å²) in [4.78, 5) is 18.8. The highest BCUT2D eigenvalue weighted by Crippen LogP contribution is 2.46. The molecule has 0 saturated carbocycles. The van der Waals surface area contributed by atoms with Crippen LogP contribution in [-0.4, -0.2) is 34.5 Å². The van der Waals surface area contributed by atoms with Crippen LogP contribution in [0.1, 0.15) is 70.7 Å². The number of nitrogens with one attached hydrogen (secondary N) is 1. The Hall–Kier alpha value is -1.81. The normalized spacial score (nSPS) is 25.4. The number of fused-ring (bicyclic) bond motifs is 5. The molecule has 1 N–H and O–H groups in total. The lowest BCUT2D eigenvalue weighted by atomic mass is 9.76. The molecule has 0 spiro atoms. The van der Waals surface area contributed by atoms with Crippen LogP contribution in [0.25, 0.3) is 10.9 Å². The molecule has 1 aromatic carbocycles. The summed E-state index contributed by atoms with van der Waals surface area (Å²) in [7, 11) is 0. The number of hydrogen-bond donors (Lipinski definition) is 1. The zero-order valence-electron chi connectivity index (χ0n) is 17.8. The molecule has 152 valence electrons. The van der Waals surface area contributed by atoms with E-state index in [1.807, 2.05) is 20.8 Å². The molecule has 4 rings (SSSR count). The molecule has 0 aliphatic carbocycles. The number of hydrogen-bond acceptors (Lipinski definition) is 3. The molecule has 4 nitrogen and oxygen atoms in total. The van der Waals surface area contributed by atoms with Crippen molar-refractivity contribution in [1.82, 2.24) is 9.88 Å². The van der Waals surface area contributed by atoms with E-state index in [9.17, 15) is 4.79 Å². The summed E-state index contributed by atoms with van der Waals surface area (Å²) >= 11 is 0. The number of nitrogens with zero attached hydrogens (tertiary/aromatic N) is 1. The maximum absolute atomic E-state index is 12.4. The lowest BCUT2D eigenvalue weighted by Gasteiger charge is -2.47. The summed E-state index contributed by atoms with van der Waals surface area (Å²) in [6, 6.07) is 9.08. The van der Waals surface area contributed by atoms with Crippen LogP contribution in [0.15, 0.2) is 24.3 Å². The Morgan fingerprint density at radius 1 is 1.29 bits per heavy atom. The number of piperidine rings is 1. The number of aromatic amines is 1. The average molecular weight is 383 g/mol. The van der Waals surface area contributed by atoms with Gasteiger partial charge in [0.25, 0.3) is 0 Å². The molecule has 2 aliphatic rings. The maximum Gasteiger partial charge on any atom is 0.306 e. The first-order valence-corrected chi connectivity index (χ1v) is 10.9. The van der Waals surface area contributed by atoms with Crippen molar-refractivity contribution in [1.29, 1.82) is 0 Å². The van der Waals surface area contributed by atoms with Crippen molar-refractivity contribution >= 4 is 16.9 Å². The molecule has 3 atom stereocenters. The first kappa shape index (κ1) is 19.5. The first-order chi connectivity index (χ1) is 13.4. The molecule has 28 heavy (non-hydrogen) atoms. The van der Waals surface area contributed by atoms with Gasteiger partial charge in [0.1, 0.15) is 5.60 Å². The van der Waals surface area contributed by atoms with E-state index in [4.69, 9.17) is 4.74 Å². The largest absolute Gasteiger partial charge is 0.460 e.